The summed E-state index contributed by atoms with van der Waals surface area (Å²) < 4.78 is 13.5. The van der Waals surface area contributed by atoms with Gasteiger partial charge in [-0.1, -0.05) is 12.1 Å². The van der Waals surface area contributed by atoms with Crippen LogP contribution in [-0.4, -0.2) is 25.8 Å². The molecule has 1 aromatic carbocycles. The first-order valence-electron chi connectivity index (χ1n) is 8.86. The lowest BCUT2D eigenvalue weighted by atomic mass is 10.1. The van der Waals surface area contributed by atoms with Gasteiger partial charge in [0.2, 0.25) is 5.91 Å². The standard InChI is InChI=1S/C21H18FN5O/c1-13(28)25-18(10-14-3-2-4-17(22)9-14)21-26-19-11-16(12-24-20(19)27-21)15-5-7-23-8-6-15/h2-9,11-12,18H,10H2,1H3,(H,25,28)(H,24,26,27). The second kappa shape index (κ2) is 7.56. The Morgan fingerprint density at radius 1 is 1.18 bits per heavy atom. The van der Waals surface area contributed by atoms with Gasteiger partial charge >= 0.3 is 0 Å². The summed E-state index contributed by atoms with van der Waals surface area (Å²) in [6, 6.07) is 11.6. The summed E-state index contributed by atoms with van der Waals surface area (Å²) in [5, 5.41) is 2.88. The Labute approximate surface area is 160 Å². The molecule has 0 bridgehead atoms. The van der Waals surface area contributed by atoms with Crippen molar-refractivity contribution in [2.24, 2.45) is 0 Å². The summed E-state index contributed by atoms with van der Waals surface area (Å²) in [6.07, 6.45) is 5.62. The number of carbonyl (C=O) groups excluding carboxylic acids is 1. The maximum atomic E-state index is 13.5. The molecule has 2 N–H and O–H groups in total. The van der Waals surface area contributed by atoms with Gasteiger partial charge in [-0.05, 0) is 47.9 Å². The van der Waals surface area contributed by atoms with Crippen LogP contribution in [0.3, 0.4) is 0 Å². The first-order chi connectivity index (χ1) is 13.6. The molecule has 1 amide bonds. The number of aromatic amines is 1. The number of aromatic nitrogens is 4. The Kier molecular flexibility index (Phi) is 4.80. The third kappa shape index (κ3) is 3.88. The number of fused-ring (bicyclic) bond motifs is 1. The van der Waals surface area contributed by atoms with Crippen LogP contribution in [0.4, 0.5) is 4.39 Å². The van der Waals surface area contributed by atoms with Crippen molar-refractivity contribution in [3.8, 4) is 11.1 Å². The number of carbonyl (C=O) groups is 1. The van der Waals surface area contributed by atoms with E-state index in [1.807, 2.05) is 24.3 Å². The topological polar surface area (TPSA) is 83.6 Å². The van der Waals surface area contributed by atoms with Crippen LogP contribution in [0.5, 0.6) is 0 Å². The maximum Gasteiger partial charge on any atom is 0.217 e. The highest BCUT2D eigenvalue weighted by Crippen LogP contribution is 2.24. The van der Waals surface area contributed by atoms with E-state index in [1.165, 1.54) is 19.1 Å². The summed E-state index contributed by atoms with van der Waals surface area (Å²) in [7, 11) is 0. The maximum absolute atomic E-state index is 13.5. The number of hydrogen-bond acceptors (Lipinski definition) is 4. The van der Waals surface area contributed by atoms with E-state index in [4.69, 9.17) is 0 Å². The number of halogens is 1. The van der Waals surface area contributed by atoms with Crippen LogP contribution >= 0.6 is 0 Å². The molecule has 7 heteroatoms. The van der Waals surface area contributed by atoms with Gasteiger partial charge in [0.25, 0.3) is 0 Å². The molecule has 28 heavy (non-hydrogen) atoms. The van der Waals surface area contributed by atoms with Gasteiger partial charge in [-0.3, -0.25) is 9.78 Å². The highest BCUT2D eigenvalue weighted by Gasteiger charge is 2.18. The molecular weight excluding hydrogens is 357 g/mol. The van der Waals surface area contributed by atoms with Crippen molar-refractivity contribution in [2.75, 3.05) is 0 Å². The molecule has 4 aromatic rings. The quantitative estimate of drug-likeness (QED) is 0.558. The number of H-pyrrole nitrogens is 1. The minimum absolute atomic E-state index is 0.188. The van der Waals surface area contributed by atoms with E-state index >= 15 is 0 Å². The van der Waals surface area contributed by atoms with Crippen molar-refractivity contribution in [1.29, 1.82) is 0 Å². The highest BCUT2D eigenvalue weighted by atomic mass is 19.1. The monoisotopic (exact) mass is 375 g/mol. The molecule has 0 aliphatic rings. The Balaban J connectivity index is 1.68. The van der Waals surface area contributed by atoms with Crippen molar-refractivity contribution in [2.45, 2.75) is 19.4 Å². The van der Waals surface area contributed by atoms with Gasteiger partial charge in [0, 0.05) is 31.1 Å². The van der Waals surface area contributed by atoms with Gasteiger partial charge in [-0.25, -0.2) is 14.4 Å². The second-order valence-corrected chi connectivity index (χ2v) is 6.54. The first kappa shape index (κ1) is 17.8. The van der Waals surface area contributed by atoms with Gasteiger partial charge in [-0.2, -0.15) is 0 Å². The van der Waals surface area contributed by atoms with Crippen LogP contribution in [0.2, 0.25) is 0 Å². The fourth-order valence-corrected chi connectivity index (χ4v) is 3.14. The van der Waals surface area contributed by atoms with Crippen molar-refractivity contribution < 1.29 is 9.18 Å². The minimum Gasteiger partial charge on any atom is -0.346 e. The molecule has 0 saturated carbocycles. The molecule has 0 saturated heterocycles. The summed E-state index contributed by atoms with van der Waals surface area (Å²) in [5.74, 6) is 0.0773. The van der Waals surface area contributed by atoms with Crippen LogP contribution < -0.4 is 5.32 Å². The molecular formula is C21H18FN5O. The zero-order chi connectivity index (χ0) is 19.5. The molecule has 3 aromatic heterocycles. The third-order valence-electron chi connectivity index (χ3n) is 4.41. The second-order valence-electron chi connectivity index (χ2n) is 6.54. The van der Waals surface area contributed by atoms with Gasteiger partial charge < -0.3 is 10.3 Å². The van der Waals surface area contributed by atoms with Gasteiger partial charge in [0.15, 0.2) is 5.65 Å². The fourth-order valence-electron chi connectivity index (χ4n) is 3.14. The van der Waals surface area contributed by atoms with Crippen LogP contribution in [0.15, 0.2) is 61.1 Å². The average Bonchev–Trinajstić information content (AvgIpc) is 3.11. The SMILES string of the molecule is CC(=O)NC(Cc1cccc(F)c1)c1nc2cc(-c3ccncc3)cnc2[nH]1. The molecule has 0 fully saturated rings. The highest BCUT2D eigenvalue weighted by molar-refractivity contribution is 5.78. The molecule has 0 spiro atoms. The van der Waals surface area contributed by atoms with Crippen LogP contribution in [0.25, 0.3) is 22.3 Å². The first-order valence-corrected chi connectivity index (χ1v) is 8.86. The van der Waals surface area contributed by atoms with Crippen molar-refractivity contribution in [3.63, 3.8) is 0 Å². The van der Waals surface area contributed by atoms with E-state index in [0.29, 0.717) is 23.4 Å². The number of nitrogens with zero attached hydrogens (tertiary/aromatic N) is 3. The number of benzene rings is 1. The van der Waals surface area contributed by atoms with E-state index in [2.05, 4.69) is 25.3 Å². The van der Waals surface area contributed by atoms with Crippen molar-refractivity contribution in [3.05, 3.63) is 78.3 Å². The third-order valence-corrected chi connectivity index (χ3v) is 4.41. The summed E-state index contributed by atoms with van der Waals surface area (Å²) in [4.78, 5) is 28.0. The number of amides is 1. The smallest absolute Gasteiger partial charge is 0.217 e. The number of nitrogens with one attached hydrogen (secondary N) is 2. The molecule has 140 valence electrons. The van der Waals surface area contributed by atoms with Crippen molar-refractivity contribution >= 4 is 17.1 Å². The average molecular weight is 375 g/mol. The molecule has 0 radical (unpaired) electrons. The van der Waals surface area contributed by atoms with Crippen LogP contribution in [-0.2, 0) is 11.2 Å². The lowest BCUT2D eigenvalue weighted by molar-refractivity contribution is -0.119. The summed E-state index contributed by atoms with van der Waals surface area (Å²) >= 11 is 0. The van der Waals surface area contributed by atoms with Crippen LogP contribution in [0.1, 0.15) is 24.4 Å². The van der Waals surface area contributed by atoms with Crippen molar-refractivity contribution in [1.82, 2.24) is 25.3 Å². The van der Waals surface area contributed by atoms with Gasteiger partial charge in [0.1, 0.15) is 17.2 Å². The number of hydrogen-bond donors (Lipinski definition) is 2. The molecule has 1 unspecified atom stereocenters. The number of rotatable bonds is 5. The van der Waals surface area contributed by atoms with Crippen LogP contribution in [0, 0.1) is 5.82 Å². The molecule has 3 heterocycles. The van der Waals surface area contributed by atoms with E-state index in [9.17, 15) is 9.18 Å². The molecule has 0 aliphatic heterocycles. The molecule has 0 aliphatic carbocycles. The normalized spacial score (nSPS) is 12.1. The Morgan fingerprint density at radius 2 is 2.00 bits per heavy atom. The van der Waals surface area contributed by atoms with E-state index in [-0.39, 0.29) is 11.7 Å². The Morgan fingerprint density at radius 3 is 2.75 bits per heavy atom. The lowest BCUT2D eigenvalue weighted by Crippen LogP contribution is -2.28. The van der Waals surface area contributed by atoms with Gasteiger partial charge in [-0.15, -0.1) is 0 Å². The zero-order valence-corrected chi connectivity index (χ0v) is 15.2. The predicted octanol–water partition coefficient (Wildman–Crippen LogP) is 3.58. The number of pyridine rings is 2. The Hall–Kier alpha value is -3.61. The van der Waals surface area contributed by atoms with E-state index < -0.39 is 6.04 Å². The zero-order valence-electron chi connectivity index (χ0n) is 15.2. The largest absolute Gasteiger partial charge is 0.346 e. The summed E-state index contributed by atoms with van der Waals surface area (Å²) in [5.41, 5.74) is 4.01. The molecule has 1 atom stereocenters. The predicted molar refractivity (Wildman–Crippen MR) is 104 cm³/mol. The number of imidazole rings is 1. The van der Waals surface area contributed by atoms with E-state index in [1.54, 1.807) is 24.7 Å². The molecule has 6 nitrogen and oxygen atoms in total. The summed E-state index contributed by atoms with van der Waals surface area (Å²) in [6.45, 7) is 1.45. The van der Waals surface area contributed by atoms with E-state index in [0.717, 1.165) is 16.7 Å². The fraction of sp³-hybridized carbons (Fsp3) is 0.143. The molecule has 4 rings (SSSR count). The van der Waals surface area contributed by atoms with Gasteiger partial charge in [0.05, 0.1) is 6.04 Å². The Bertz CT molecular complexity index is 1130. The lowest BCUT2D eigenvalue weighted by Gasteiger charge is -2.15. The minimum atomic E-state index is -0.419.